The average Bonchev–Trinajstić information content (AvgIpc) is 3.48. The van der Waals surface area contributed by atoms with Crippen LogP contribution in [0, 0.1) is 23.0 Å². The number of rotatable bonds is 4. The molecule has 3 atom stereocenters. The molecule has 2 aromatic rings. The quantitative estimate of drug-likeness (QED) is 0.465. The molecule has 0 bridgehead atoms. The van der Waals surface area contributed by atoms with E-state index in [9.17, 15) is 18.4 Å². The fraction of sp³-hybridized carbons (Fsp3) is 0.533. The molecule has 2 aromatic carbocycles. The van der Waals surface area contributed by atoms with Gasteiger partial charge in [-0.3, -0.25) is 14.5 Å². The molecule has 2 fully saturated rings. The summed E-state index contributed by atoms with van der Waals surface area (Å²) in [4.78, 5) is 33.1. The molecule has 0 spiro atoms. The number of halogens is 3. The van der Waals surface area contributed by atoms with E-state index in [2.05, 4.69) is 25.7 Å². The summed E-state index contributed by atoms with van der Waals surface area (Å²) in [7, 11) is 0. The predicted molar refractivity (Wildman–Crippen MR) is 147 cm³/mol. The van der Waals surface area contributed by atoms with Crippen molar-refractivity contribution in [3.8, 4) is 0 Å². The van der Waals surface area contributed by atoms with Crippen molar-refractivity contribution in [1.29, 1.82) is 0 Å². The largest absolute Gasteiger partial charge is 0.340 e. The fourth-order valence-electron chi connectivity index (χ4n) is 5.55. The average molecular weight is 546 g/mol. The maximum atomic E-state index is 14.9. The molecule has 2 aliphatic rings. The molecular weight excluding hydrogens is 508 g/mol. The molecular formula is C30H38ClF2N3O2. The Morgan fingerprint density at radius 3 is 2.18 bits per heavy atom. The second-order valence-electron chi connectivity index (χ2n) is 12.6. The Balaban J connectivity index is 1.60. The van der Waals surface area contributed by atoms with Crippen molar-refractivity contribution in [2.75, 3.05) is 31.1 Å². The van der Waals surface area contributed by atoms with Gasteiger partial charge in [-0.2, -0.15) is 0 Å². The summed E-state index contributed by atoms with van der Waals surface area (Å²) in [5.41, 5.74) is 0.248. The highest BCUT2D eigenvalue weighted by molar-refractivity contribution is 6.30. The maximum Gasteiger partial charge on any atom is 0.232 e. The zero-order valence-corrected chi connectivity index (χ0v) is 23.9. The lowest BCUT2D eigenvalue weighted by atomic mass is 9.88. The molecule has 38 heavy (non-hydrogen) atoms. The Bertz CT molecular complexity index is 1190. The number of hydrogen-bond donors (Lipinski definition) is 0. The van der Waals surface area contributed by atoms with Gasteiger partial charge in [0.05, 0.1) is 17.6 Å². The van der Waals surface area contributed by atoms with Gasteiger partial charge < -0.3 is 9.80 Å². The topological polar surface area (TPSA) is 43.9 Å². The molecule has 0 radical (unpaired) electrons. The summed E-state index contributed by atoms with van der Waals surface area (Å²) < 4.78 is 28.6. The molecule has 2 saturated heterocycles. The van der Waals surface area contributed by atoms with Crippen LogP contribution >= 0.6 is 11.6 Å². The number of nitrogens with zero attached hydrogens (tertiary/aromatic N) is 3. The SMILES string of the molecule is CC(C)(C)C(=O)N(c1ccc(F)cc1F)[C@@H]1CCN(C(=O)[C@@H]2CN(C(C)(C)C)C[C@H]2c2ccc(Cl)cc2)C1. The van der Waals surface area contributed by atoms with Crippen LogP contribution in [0.3, 0.4) is 0 Å². The van der Waals surface area contributed by atoms with Gasteiger partial charge in [0.2, 0.25) is 11.8 Å². The Hall–Kier alpha value is -2.51. The van der Waals surface area contributed by atoms with Crippen LogP contribution in [0.2, 0.25) is 5.02 Å². The summed E-state index contributed by atoms with van der Waals surface area (Å²) >= 11 is 6.13. The summed E-state index contributed by atoms with van der Waals surface area (Å²) in [6.45, 7) is 13.9. The van der Waals surface area contributed by atoms with Gasteiger partial charge in [0.1, 0.15) is 11.6 Å². The lowest BCUT2D eigenvalue weighted by Gasteiger charge is -2.35. The number of carbonyl (C=O) groups is 2. The standard InChI is InChI=1S/C30H38ClF2N3O2/c1-29(2,3)28(38)36(26-12-11-21(32)15-25(26)33)22-13-14-34(16-22)27(37)24-18-35(30(4,5)6)17-23(24)19-7-9-20(31)10-8-19/h7-12,15,22-24H,13-14,16-18H2,1-6H3/t22-,23+,24-/m1/s1. The number of benzene rings is 2. The lowest BCUT2D eigenvalue weighted by Crippen LogP contribution is -2.48. The third kappa shape index (κ3) is 5.89. The molecule has 2 aliphatic heterocycles. The summed E-state index contributed by atoms with van der Waals surface area (Å²) in [5.74, 6) is -1.94. The highest BCUT2D eigenvalue weighted by Gasteiger charge is 2.46. The third-order valence-electron chi connectivity index (χ3n) is 7.75. The zero-order chi connectivity index (χ0) is 28.0. The third-order valence-corrected chi connectivity index (χ3v) is 8.01. The zero-order valence-electron chi connectivity index (χ0n) is 23.1. The van der Waals surface area contributed by atoms with Crippen molar-refractivity contribution in [3.05, 3.63) is 64.7 Å². The van der Waals surface area contributed by atoms with Gasteiger partial charge in [-0.05, 0) is 57.0 Å². The van der Waals surface area contributed by atoms with Crippen LogP contribution in [0.1, 0.15) is 59.4 Å². The van der Waals surface area contributed by atoms with Crippen molar-refractivity contribution in [2.24, 2.45) is 11.3 Å². The smallest absolute Gasteiger partial charge is 0.232 e. The van der Waals surface area contributed by atoms with Gasteiger partial charge in [-0.1, -0.05) is 44.5 Å². The predicted octanol–water partition coefficient (Wildman–Crippen LogP) is 6.11. The highest BCUT2D eigenvalue weighted by Crippen LogP contribution is 2.39. The van der Waals surface area contributed by atoms with E-state index in [1.165, 1.54) is 11.0 Å². The van der Waals surface area contributed by atoms with E-state index >= 15 is 0 Å². The van der Waals surface area contributed by atoms with Crippen LogP contribution in [0.15, 0.2) is 42.5 Å². The van der Waals surface area contributed by atoms with Gasteiger partial charge in [0, 0.05) is 54.1 Å². The lowest BCUT2D eigenvalue weighted by molar-refractivity contribution is -0.135. The molecule has 206 valence electrons. The Kier molecular flexibility index (Phi) is 7.93. The van der Waals surface area contributed by atoms with E-state index in [0.717, 1.165) is 24.2 Å². The minimum atomic E-state index is -0.785. The number of anilines is 1. The summed E-state index contributed by atoms with van der Waals surface area (Å²) in [6, 6.07) is 10.6. The molecule has 0 saturated carbocycles. The van der Waals surface area contributed by atoms with Crippen LogP contribution in [-0.2, 0) is 9.59 Å². The van der Waals surface area contributed by atoms with Gasteiger partial charge in [0.25, 0.3) is 0 Å². The number of carbonyl (C=O) groups excluding carboxylic acids is 2. The van der Waals surface area contributed by atoms with Crippen molar-refractivity contribution in [2.45, 2.75) is 65.5 Å². The molecule has 5 nitrogen and oxygen atoms in total. The molecule has 0 aliphatic carbocycles. The van der Waals surface area contributed by atoms with Gasteiger partial charge in [-0.25, -0.2) is 8.78 Å². The number of amides is 2. The fourth-order valence-corrected chi connectivity index (χ4v) is 5.67. The normalized spacial score (nSPS) is 22.7. The molecule has 0 N–H and O–H groups in total. The van der Waals surface area contributed by atoms with Gasteiger partial charge in [-0.15, -0.1) is 0 Å². The Labute approximate surface area is 229 Å². The first-order valence-corrected chi connectivity index (χ1v) is 13.6. The van der Waals surface area contributed by atoms with Gasteiger partial charge in [0.15, 0.2) is 0 Å². The van der Waals surface area contributed by atoms with E-state index in [1.54, 1.807) is 20.8 Å². The first kappa shape index (κ1) is 28.5. The van der Waals surface area contributed by atoms with Crippen molar-refractivity contribution >= 4 is 29.1 Å². The van der Waals surface area contributed by atoms with E-state index < -0.39 is 23.1 Å². The molecule has 4 rings (SSSR count). The van der Waals surface area contributed by atoms with Crippen molar-refractivity contribution in [3.63, 3.8) is 0 Å². The minimum Gasteiger partial charge on any atom is -0.340 e. The molecule has 0 unspecified atom stereocenters. The summed E-state index contributed by atoms with van der Waals surface area (Å²) in [5, 5.41) is 0.654. The van der Waals surface area contributed by atoms with Crippen LogP contribution in [0.5, 0.6) is 0 Å². The second-order valence-corrected chi connectivity index (χ2v) is 13.0. The van der Waals surface area contributed by atoms with Crippen LogP contribution in [0.4, 0.5) is 14.5 Å². The molecule has 2 amide bonds. The van der Waals surface area contributed by atoms with Crippen LogP contribution in [0.25, 0.3) is 0 Å². The van der Waals surface area contributed by atoms with Crippen LogP contribution in [-0.4, -0.2) is 59.4 Å². The van der Waals surface area contributed by atoms with E-state index in [1.807, 2.05) is 29.2 Å². The van der Waals surface area contributed by atoms with E-state index in [4.69, 9.17) is 11.6 Å². The van der Waals surface area contributed by atoms with Crippen LogP contribution < -0.4 is 4.90 Å². The first-order valence-electron chi connectivity index (χ1n) is 13.2. The maximum absolute atomic E-state index is 14.9. The van der Waals surface area contributed by atoms with E-state index in [0.29, 0.717) is 31.1 Å². The van der Waals surface area contributed by atoms with E-state index in [-0.39, 0.29) is 34.9 Å². The summed E-state index contributed by atoms with van der Waals surface area (Å²) in [6.07, 6.45) is 0.520. The van der Waals surface area contributed by atoms with Crippen molar-refractivity contribution in [1.82, 2.24) is 9.80 Å². The highest BCUT2D eigenvalue weighted by atomic mass is 35.5. The second kappa shape index (κ2) is 10.6. The molecule has 2 heterocycles. The monoisotopic (exact) mass is 545 g/mol. The molecule has 8 heteroatoms. The molecule has 0 aromatic heterocycles. The first-order chi connectivity index (χ1) is 17.7. The Morgan fingerprint density at radius 1 is 0.947 bits per heavy atom. The number of likely N-dealkylation sites (tertiary alicyclic amines) is 2. The Morgan fingerprint density at radius 2 is 1.61 bits per heavy atom. The van der Waals surface area contributed by atoms with Gasteiger partial charge >= 0.3 is 0 Å². The minimum absolute atomic E-state index is 0.0138. The number of hydrogen-bond acceptors (Lipinski definition) is 3. The van der Waals surface area contributed by atoms with Crippen molar-refractivity contribution < 1.29 is 18.4 Å².